The Kier molecular flexibility index (Phi) is 5.71. The van der Waals surface area contributed by atoms with E-state index in [9.17, 15) is 22.0 Å². The van der Waals surface area contributed by atoms with Gasteiger partial charge in [0.25, 0.3) is 0 Å². The van der Waals surface area contributed by atoms with Gasteiger partial charge in [-0.05, 0) is 17.7 Å². The van der Waals surface area contributed by atoms with E-state index in [0.717, 1.165) is 10.6 Å². The highest BCUT2D eigenvalue weighted by molar-refractivity contribution is 7.15. The van der Waals surface area contributed by atoms with Crippen LogP contribution in [0.3, 0.4) is 0 Å². The molecule has 2 aromatic rings. The van der Waals surface area contributed by atoms with Gasteiger partial charge in [-0.3, -0.25) is 4.90 Å². The Balaban J connectivity index is 1.54. The minimum atomic E-state index is -3.99. The van der Waals surface area contributed by atoms with Gasteiger partial charge in [-0.15, -0.1) is 10.2 Å². The third kappa shape index (κ3) is 4.67. The average Bonchev–Trinajstić information content (AvgIpc) is 3.06. The van der Waals surface area contributed by atoms with Crippen LogP contribution in [0.15, 0.2) is 24.3 Å². The summed E-state index contributed by atoms with van der Waals surface area (Å²) >= 11 is 1.38. The van der Waals surface area contributed by atoms with E-state index < -0.39 is 18.9 Å². The number of hydrogen-bond acceptors (Lipinski definition) is 5. The second-order valence-corrected chi connectivity index (χ2v) is 7.15. The predicted molar refractivity (Wildman–Crippen MR) is 88.7 cm³/mol. The Bertz CT molecular complexity index is 714. The quantitative estimate of drug-likeness (QED) is 0.707. The molecule has 3 rings (SSSR count). The number of rotatable bonds is 6. The monoisotopic (exact) mass is 392 g/mol. The third-order valence-electron chi connectivity index (χ3n) is 4.12. The summed E-state index contributed by atoms with van der Waals surface area (Å²) in [6.07, 6.45) is -3.13. The average molecular weight is 392 g/mol. The fourth-order valence-electron chi connectivity index (χ4n) is 2.69. The maximum absolute atomic E-state index is 13.1. The van der Waals surface area contributed by atoms with Gasteiger partial charge < -0.3 is 4.90 Å². The number of nitrogens with zero attached hydrogens (tertiary/aromatic N) is 4. The molecule has 0 amide bonds. The molecule has 142 valence electrons. The van der Waals surface area contributed by atoms with E-state index in [2.05, 4.69) is 10.2 Å². The summed E-state index contributed by atoms with van der Waals surface area (Å²) < 4.78 is 63.8. The zero-order valence-electron chi connectivity index (χ0n) is 13.7. The maximum Gasteiger partial charge on any atom is 0.319 e. The fraction of sp³-hybridized carbons (Fsp3) is 0.500. The van der Waals surface area contributed by atoms with Crippen molar-refractivity contribution in [3.8, 4) is 0 Å². The normalized spacial score (nSPS) is 16.5. The van der Waals surface area contributed by atoms with Gasteiger partial charge in [0, 0.05) is 32.6 Å². The van der Waals surface area contributed by atoms with Gasteiger partial charge in [-0.2, -0.15) is 8.78 Å². The molecule has 1 saturated heterocycles. The lowest BCUT2D eigenvalue weighted by Gasteiger charge is -2.35. The van der Waals surface area contributed by atoms with Crippen LogP contribution in [0.5, 0.6) is 0 Å². The highest BCUT2D eigenvalue weighted by atomic mass is 32.1. The van der Waals surface area contributed by atoms with Crippen LogP contribution >= 0.6 is 11.3 Å². The van der Waals surface area contributed by atoms with E-state index in [1.54, 1.807) is 12.1 Å². The molecule has 26 heavy (non-hydrogen) atoms. The summed E-state index contributed by atoms with van der Waals surface area (Å²) in [4.78, 5) is 3.24. The Morgan fingerprint density at radius 3 is 2.31 bits per heavy atom. The van der Waals surface area contributed by atoms with Gasteiger partial charge in [-0.25, -0.2) is 13.2 Å². The summed E-state index contributed by atoms with van der Waals surface area (Å²) in [6.45, 7) is 0.420. The van der Waals surface area contributed by atoms with Gasteiger partial charge in [0.1, 0.15) is 10.8 Å². The summed E-state index contributed by atoms with van der Waals surface area (Å²) in [5.41, 5.74) is 0.910. The van der Waals surface area contributed by atoms with Crippen molar-refractivity contribution in [3.63, 3.8) is 0 Å². The number of anilines is 1. The van der Waals surface area contributed by atoms with Crippen molar-refractivity contribution in [3.05, 3.63) is 40.7 Å². The van der Waals surface area contributed by atoms with Crippen LogP contribution < -0.4 is 4.90 Å². The van der Waals surface area contributed by atoms with Crippen molar-refractivity contribution in [1.82, 2.24) is 15.1 Å². The van der Waals surface area contributed by atoms with Crippen molar-refractivity contribution >= 4 is 16.5 Å². The smallest absolute Gasteiger partial charge is 0.319 e. The Labute approximate surface area is 151 Å². The molecule has 0 unspecified atom stereocenters. The summed E-state index contributed by atoms with van der Waals surface area (Å²) in [5.74, 6) is -4.30. The van der Waals surface area contributed by atoms with Gasteiger partial charge in [0.05, 0.1) is 6.54 Å². The van der Waals surface area contributed by atoms with Crippen LogP contribution in [-0.4, -0.2) is 60.2 Å². The van der Waals surface area contributed by atoms with Crippen LogP contribution in [0.1, 0.15) is 10.6 Å². The van der Waals surface area contributed by atoms with Gasteiger partial charge >= 0.3 is 12.3 Å². The molecule has 2 heterocycles. The lowest BCUT2D eigenvalue weighted by Crippen LogP contribution is -2.51. The maximum atomic E-state index is 13.1. The lowest BCUT2D eigenvalue weighted by atomic mass is 10.2. The zero-order valence-corrected chi connectivity index (χ0v) is 14.5. The summed E-state index contributed by atoms with van der Waals surface area (Å²) in [7, 11) is 0. The van der Waals surface area contributed by atoms with E-state index in [1.807, 2.05) is 4.90 Å². The summed E-state index contributed by atoms with van der Waals surface area (Å²) in [6, 6.07) is 6.12. The molecule has 0 atom stereocenters. The SMILES string of the molecule is Fc1ccc(Cc2nnc(N3CCN(CC(F)(F)C(F)F)CC3)s2)cc1. The van der Waals surface area contributed by atoms with Crippen molar-refractivity contribution in [2.45, 2.75) is 18.8 Å². The first kappa shape index (κ1) is 19.0. The third-order valence-corrected chi connectivity index (χ3v) is 5.11. The van der Waals surface area contributed by atoms with Crippen LogP contribution in [-0.2, 0) is 6.42 Å². The summed E-state index contributed by atoms with van der Waals surface area (Å²) in [5, 5.41) is 9.66. The molecule has 0 radical (unpaired) electrons. The first-order valence-corrected chi connectivity index (χ1v) is 8.85. The van der Waals surface area contributed by atoms with Gasteiger partial charge in [-0.1, -0.05) is 23.5 Å². The molecule has 0 spiro atoms. The van der Waals surface area contributed by atoms with E-state index >= 15 is 0 Å². The lowest BCUT2D eigenvalue weighted by molar-refractivity contribution is -0.142. The van der Waals surface area contributed by atoms with Crippen molar-refractivity contribution < 1.29 is 22.0 Å². The molecular formula is C16H17F5N4S. The van der Waals surface area contributed by atoms with E-state index in [0.29, 0.717) is 24.6 Å². The molecule has 1 aliphatic heterocycles. The second kappa shape index (κ2) is 7.83. The molecule has 1 aromatic carbocycles. The Morgan fingerprint density at radius 1 is 1.04 bits per heavy atom. The standard InChI is InChI=1S/C16H17F5N4S/c17-12-3-1-11(2-4-12)9-13-22-23-15(26-13)25-7-5-24(6-8-25)10-16(20,21)14(18)19/h1-4,14H,5-10H2. The topological polar surface area (TPSA) is 32.3 Å². The minimum Gasteiger partial charge on any atom is -0.344 e. The second-order valence-electron chi connectivity index (χ2n) is 6.11. The highest BCUT2D eigenvalue weighted by Crippen LogP contribution is 2.26. The van der Waals surface area contributed by atoms with Gasteiger partial charge in [0.2, 0.25) is 5.13 Å². The molecule has 10 heteroatoms. The number of aromatic nitrogens is 2. The van der Waals surface area contributed by atoms with Crippen molar-refractivity contribution in [2.75, 3.05) is 37.6 Å². The zero-order chi connectivity index (χ0) is 18.7. The molecule has 0 N–H and O–H groups in total. The van der Waals surface area contributed by atoms with Crippen LogP contribution in [0.2, 0.25) is 0 Å². The number of alkyl halides is 4. The largest absolute Gasteiger partial charge is 0.344 e. The number of benzene rings is 1. The Morgan fingerprint density at radius 2 is 1.69 bits per heavy atom. The van der Waals surface area contributed by atoms with Crippen molar-refractivity contribution in [2.24, 2.45) is 0 Å². The van der Waals surface area contributed by atoms with E-state index in [-0.39, 0.29) is 18.9 Å². The molecule has 1 aromatic heterocycles. The molecular weight excluding hydrogens is 375 g/mol. The van der Waals surface area contributed by atoms with Gasteiger partial charge in [0.15, 0.2) is 0 Å². The number of piperazine rings is 1. The fourth-order valence-corrected chi connectivity index (χ4v) is 3.61. The molecule has 0 saturated carbocycles. The van der Waals surface area contributed by atoms with Crippen LogP contribution in [0.25, 0.3) is 0 Å². The molecule has 0 aliphatic carbocycles. The molecule has 0 bridgehead atoms. The van der Waals surface area contributed by atoms with Crippen LogP contribution in [0.4, 0.5) is 27.1 Å². The first-order chi connectivity index (χ1) is 12.3. The molecule has 1 fully saturated rings. The van der Waals surface area contributed by atoms with Crippen molar-refractivity contribution in [1.29, 1.82) is 0 Å². The number of hydrogen-bond donors (Lipinski definition) is 0. The van der Waals surface area contributed by atoms with E-state index in [1.165, 1.54) is 28.4 Å². The highest BCUT2D eigenvalue weighted by Gasteiger charge is 2.42. The molecule has 1 aliphatic rings. The minimum absolute atomic E-state index is 0.259. The van der Waals surface area contributed by atoms with Crippen LogP contribution in [0, 0.1) is 5.82 Å². The Hall–Kier alpha value is -1.81. The first-order valence-electron chi connectivity index (χ1n) is 8.03. The predicted octanol–water partition coefficient (Wildman–Crippen LogP) is 3.29. The van der Waals surface area contributed by atoms with E-state index in [4.69, 9.17) is 0 Å². The molecule has 4 nitrogen and oxygen atoms in total. The number of halogens is 5.